The maximum Gasteiger partial charge on any atom is 0.144 e. The predicted octanol–water partition coefficient (Wildman–Crippen LogP) is 3.16. The van der Waals surface area contributed by atoms with Crippen LogP contribution >= 0.6 is 11.6 Å². The largest absolute Gasteiger partial charge is 0.359 e. The highest BCUT2D eigenvalue weighted by atomic mass is 35.5. The van der Waals surface area contributed by atoms with Crippen LogP contribution in [0.25, 0.3) is 0 Å². The molecule has 1 atom stereocenters. The summed E-state index contributed by atoms with van der Waals surface area (Å²) in [7, 11) is 0. The van der Waals surface area contributed by atoms with E-state index < -0.39 is 0 Å². The highest BCUT2D eigenvalue weighted by Gasteiger charge is 2.05. The van der Waals surface area contributed by atoms with Gasteiger partial charge in [0, 0.05) is 5.02 Å². The van der Waals surface area contributed by atoms with Crippen molar-refractivity contribution in [1.29, 1.82) is 5.26 Å². The maximum atomic E-state index is 8.67. The topological polar surface area (TPSA) is 33.0 Å². The average Bonchev–Trinajstić information content (AvgIpc) is 2.22. The first-order valence-electron chi connectivity index (χ1n) is 4.52. The van der Waals surface area contributed by atoms with Gasteiger partial charge in [-0.2, -0.15) is 5.26 Å². The molecule has 0 bridgehead atoms. The zero-order chi connectivity index (χ0) is 10.4. The summed E-state index contributed by atoms with van der Waals surface area (Å²) in [5, 5.41) is 9.35. The van der Waals surface area contributed by atoms with Gasteiger partial charge in [-0.25, -0.2) is 0 Å². The van der Waals surface area contributed by atoms with E-state index in [0.717, 1.165) is 5.56 Å². The van der Waals surface area contributed by atoms with Crippen LogP contribution in [0.1, 0.15) is 18.9 Å². The van der Waals surface area contributed by atoms with Gasteiger partial charge in [0.1, 0.15) is 6.10 Å². The first-order chi connectivity index (χ1) is 6.77. The van der Waals surface area contributed by atoms with Crippen LogP contribution in [0.3, 0.4) is 0 Å². The number of rotatable bonds is 4. The van der Waals surface area contributed by atoms with Gasteiger partial charge in [-0.1, -0.05) is 36.7 Å². The number of ether oxygens (including phenoxy) is 1. The molecule has 0 fully saturated rings. The molecule has 0 aliphatic carbocycles. The second-order valence-electron chi connectivity index (χ2n) is 2.93. The van der Waals surface area contributed by atoms with Gasteiger partial charge in [0.15, 0.2) is 0 Å². The fourth-order valence-electron chi connectivity index (χ4n) is 1.05. The Morgan fingerprint density at radius 2 is 2.21 bits per heavy atom. The van der Waals surface area contributed by atoms with Crippen LogP contribution in [0.4, 0.5) is 0 Å². The Kier molecular flexibility index (Phi) is 4.45. The highest BCUT2D eigenvalue weighted by molar-refractivity contribution is 6.31. The van der Waals surface area contributed by atoms with E-state index >= 15 is 0 Å². The molecule has 0 radical (unpaired) electrons. The molecule has 2 nitrogen and oxygen atoms in total. The summed E-state index contributed by atoms with van der Waals surface area (Å²) < 4.78 is 5.36. The third-order valence-electron chi connectivity index (χ3n) is 1.91. The number of nitrogens with zero attached hydrogens (tertiary/aromatic N) is 1. The lowest BCUT2D eigenvalue weighted by Gasteiger charge is -2.08. The van der Waals surface area contributed by atoms with Gasteiger partial charge >= 0.3 is 0 Å². The molecule has 1 aromatic rings. The van der Waals surface area contributed by atoms with Crippen molar-refractivity contribution < 1.29 is 4.74 Å². The fourth-order valence-corrected chi connectivity index (χ4v) is 1.24. The lowest BCUT2D eigenvalue weighted by Crippen LogP contribution is -2.08. The molecule has 74 valence electrons. The molecule has 0 N–H and O–H groups in total. The summed E-state index contributed by atoms with van der Waals surface area (Å²) in [5.74, 6) is 0. The number of nitriles is 1. The van der Waals surface area contributed by atoms with E-state index in [2.05, 4.69) is 6.07 Å². The van der Waals surface area contributed by atoms with Crippen molar-refractivity contribution in [3.05, 3.63) is 34.9 Å². The molecule has 0 spiro atoms. The number of halogens is 1. The molecule has 0 saturated carbocycles. The van der Waals surface area contributed by atoms with E-state index in [0.29, 0.717) is 18.1 Å². The molecule has 0 heterocycles. The molecule has 1 unspecified atom stereocenters. The Morgan fingerprint density at radius 3 is 2.79 bits per heavy atom. The summed E-state index contributed by atoms with van der Waals surface area (Å²) in [5.41, 5.74) is 0.919. The van der Waals surface area contributed by atoms with Crippen molar-refractivity contribution in [3.8, 4) is 6.07 Å². The Hall–Kier alpha value is -1.04. The van der Waals surface area contributed by atoms with E-state index in [1.807, 2.05) is 31.2 Å². The smallest absolute Gasteiger partial charge is 0.144 e. The monoisotopic (exact) mass is 209 g/mol. The quantitative estimate of drug-likeness (QED) is 0.763. The zero-order valence-corrected chi connectivity index (χ0v) is 8.79. The molecule has 0 saturated heterocycles. The van der Waals surface area contributed by atoms with Crippen LogP contribution in [-0.2, 0) is 11.3 Å². The predicted molar refractivity (Wildman–Crippen MR) is 55.9 cm³/mol. The highest BCUT2D eigenvalue weighted by Crippen LogP contribution is 2.16. The first kappa shape index (κ1) is 11.0. The lowest BCUT2D eigenvalue weighted by atomic mass is 10.2. The van der Waals surface area contributed by atoms with E-state index in [1.54, 1.807) is 0 Å². The Labute approximate surface area is 89.1 Å². The molecular weight excluding hydrogens is 198 g/mol. The summed E-state index contributed by atoms with van der Waals surface area (Å²) >= 11 is 5.93. The van der Waals surface area contributed by atoms with E-state index in [-0.39, 0.29) is 6.10 Å². The van der Waals surface area contributed by atoms with Gasteiger partial charge in [0.25, 0.3) is 0 Å². The van der Waals surface area contributed by atoms with Crippen molar-refractivity contribution in [2.24, 2.45) is 0 Å². The van der Waals surface area contributed by atoms with Gasteiger partial charge in [-0.3, -0.25) is 0 Å². The molecule has 3 heteroatoms. The Balaban J connectivity index is 2.54. The van der Waals surface area contributed by atoms with Gasteiger partial charge in [0.2, 0.25) is 0 Å². The lowest BCUT2D eigenvalue weighted by molar-refractivity contribution is 0.0745. The van der Waals surface area contributed by atoms with Crippen molar-refractivity contribution in [2.45, 2.75) is 26.1 Å². The molecule has 0 aliphatic rings. The molecule has 0 aromatic heterocycles. The molecule has 1 aromatic carbocycles. The third kappa shape index (κ3) is 3.02. The van der Waals surface area contributed by atoms with Crippen molar-refractivity contribution in [3.63, 3.8) is 0 Å². The van der Waals surface area contributed by atoms with Gasteiger partial charge in [-0.05, 0) is 18.1 Å². The van der Waals surface area contributed by atoms with Gasteiger partial charge in [0.05, 0.1) is 12.7 Å². The van der Waals surface area contributed by atoms with Crippen LogP contribution in [0, 0.1) is 11.3 Å². The Bertz CT molecular complexity index is 332. The zero-order valence-electron chi connectivity index (χ0n) is 8.03. The minimum absolute atomic E-state index is 0.341. The first-order valence-corrected chi connectivity index (χ1v) is 4.90. The second-order valence-corrected chi connectivity index (χ2v) is 3.34. The fraction of sp³-hybridized carbons (Fsp3) is 0.364. The summed E-state index contributed by atoms with van der Waals surface area (Å²) in [6.45, 7) is 2.31. The number of hydrogen-bond donors (Lipinski definition) is 0. The Morgan fingerprint density at radius 1 is 1.50 bits per heavy atom. The summed E-state index contributed by atoms with van der Waals surface area (Å²) in [6, 6.07) is 9.55. The summed E-state index contributed by atoms with van der Waals surface area (Å²) in [6.07, 6.45) is 0.354. The minimum Gasteiger partial charge on any atom is -0.359 e. The van der Waals surface area contributed by atoms with Crippen molar-refractivity contribution >= 4 is 11.6 Å². The summed E-state index contributed by atoms with van der Waals surface area (Å²) in [4.78, 5) is 0. The van der Waals surface area contributed by atoms with E-state index in [4.69, 9.17) is 21.6 Å². The van der Waals surface area contributed by atoms with Crippen LogP contribution < -0.4 is 0 Å². The minimum atomic E-state index is -0.341. The third-order valence-corrected chi connectivity index (χ3v) is 2.28. The molecular formula is C11H12ClNO. The number of benzene rings is 1. The molecule has 0 amide bonds. The normalized spacial score (nSPS) is 12.1. The number of hydrogen-bond acceptors (Lipinski definition) is 2. The average molecular weight is 210 g/mol. The molecule has 14 heavy (non-hydrogen) atoms. The second kappa shape index (κ2) is 5.64. The maximum absolute atomic E-state index is 8.67. The van der Waals surface area contributed by atoms with E-state index in [9.17, 15) is 0 Å². The SMILES string of the molecule is CCC(C#N)OCc1ccccc1Cl. The van der Waals surface area contributed by atoms with Gasteiger partial charge < -0.3 is 4.74 Å². The van der Waals surface area contributed by atoms with Crippen LogP contribution in [0.5, 0.6) is 0 Å². The van der Waals surface area contributed by atoms with Crippen LogP contribution in [0.2, 0.25) is 5.02 Å². The molecule has 0 aliphatic heterocycles. The van der Waals surface area contributed by atoms with Crippen LogP contribution in [-0.4, -0.2) is 6.10 Å². The van der Waals surface area contributed by atoms with E-state index in [1.165, 1.54) is 0 Å². The van der Waals surface area contributed by atoms with Crippen molar-refractivity contribution in [1.82, 2.24) is 0 Å². The van der Waals surface area contributed by atoms with Crippen molar-refractivity contribution in [2.75, 3.05) is 0 Å². The molecule has 1 rings (SSSR count). The van der Waals surface area contributed by atoms with Gasteiger partial charge in [-0.15, -0.1) is 0 Å². The van der Waals surface area contributed by atoms with Crippen LogP contribution in [0.15, 0.2) is 24.3 Å². The standard InChI is InChI=1S/C11H12ClNO/c1-2-10(7-13)14-8-9-5-3-4-6-11(9)12/h3-6,10H,2,8H2,1H3.